The van der Waals surface area contributed by atoms with Crippen LogP contribution in [0.25, 0.3) is 0 Å². The Morgan fingerprint density at radius 1 is 1.39 bits per heavy atom. The molecule has 0 aliphatic heterocycles. The van der Waals surface area contributed by atoms with Gasteiger partial charge in [0.05, 0.1) is 15.9 Å². The van der Waals surface area contributed by atoms with E-state index in [1.807, 2.05) is 11.7 Å². The van der Waals surface area contributed by atoms with Gasteiger partial charge in [-0.25, -0.2) is 0 Å². The van der Waals surface area contributed by atoms with Gasteiger partial charge in [0.1, 0.15) is 5.78 Å². The van der Waals surface area contributed by atoms with Crippen molar-refractivity contribution in [3.05, 3.63) is 15.9 Å². The lowest BCUT2D eigenvalue weighted by Crippen LogP contribution is -2.17. The van der Waals surface area contributed by atoms with Gasteiger partial charge in [-0.05, 0) is 53.4 Å². The molecule has 0 spiro atoms. The molecular formula is C14H19BrN2O. The topological polar surface area (TPSA) is 34.9 Å². The Morgan fingerprint density at radius 2 is 2.06 bits per heavy atom. The fourth-order valence-corrected chi connectivity index (χ4v) is 4.06. The normalized spacial score (nSPS) is 29.4. The molecular weight excluding hydrogens is 292 g/mol. The molecule has 4 heteroatoms. The first kappa shape index (κ1) is 12.4. The molecule has 2 aliphatic carbocycles. The highest BCUT2D eigenvalue weighted by Gasteiger charge is 2.47. The van der Waals surface area contributed by atoms with Crippen LogP contribution in [0, 0.1) is 17.8 Å². The van der Waals surface area contributed by atoms with Gasteiger partial charge in [-0.3, -0.25) is 9.48 Å². The predicted molar refractivity (Wildman–Crippen MR) is 73.3 cm³/mol. The van der Waals surface area contributed by atoms with Crippen molar-refractivity contribution >= 4 is 21.7 Å². The number of halogens is 1. The molecule has 1 heterocycles. The highest BCUT2D eigenvalue weighted by atomic mass is 79.9. The monoisotopic (exact) mass is 310 g/mol. The van der Waals surface area contributed by atoms with E-state index in [9.17, 15) is 4.79 Å². The highest BCUT2D eigenvalue weighted by molar-refractivity contribution is 9.10. The van der Waals surface area contributed by atoms with Crippen molar-refractivity contribution in [2.45, 2.75) is 39.0 Å². The zero-order chi connectivity index (χ0) is 12.9. The Balaban J connectivity index is 1.72. The van der Waals surface area contributed by atoms with Crippen molar-refractivity contribution < 1.29 is 4.79 Å². The number of carbonyl (C=O) groups excluding carboxylic acids is 1. The second-order valence-electron chi connectivity index (χ2n) is 5.75. The molecule has 2 unspecified atom stereocenters. The fraction of sp³-hybridized carbons (Fsp3) is 0.714. The smallest absolute Gasteiger partial charge is 0.141 e. The molecule has 2 atom stereocenters. The zero-order valence-corrected chi connectivity index (χ0v) is 12.5. The van der Waals surface area contributed by atoms with Crippen molar-refractivity contribution in [1.82, 2.24) is 9.78 Å². The molecule has 2 fully saturated rings. The molecule has 2 saturated carbocycles. The number of nitrogens with zero attached hydrogens (tertiary/aromatic N) is 2. The predicted octanol–water partition coefficient (Wildman–Crippen LogP) is 2.90. The molecule has 3 nitrogen and oxygen atoms in total. The SMILES string of the molecule is CCc1nn(C)c(CC(=O)C2CC3CC3C2)c1Br. The van der Waals surface area contributed by atoms with Gasteiger partial charge in [-0.2, -0.15) is 5.10 Å². The third kappa shape index (κ3) is 2.04. The summed E-state index contributed by atoms with van der Waals surface area (Å²) < 4.78 is 2.89. The molecule has 3 rings (SSSR count). The van der Waals surface area contributed by atoms with Gasteiger partial charge in [-0.1, -0.05) is 6.92 Å². The van der Waals surface area contributed by atoms with Gasteiger partial charge in [-0.15, -0.1) is 0 Å². The summed E-state index contributed by atoms with van der Waals surface area (Å²) in [6, 6.07) is 0. The van der Waals surface area contributed by atoms with Crippen molar-refractivity contribution in [2.75, 3.05) is 0 Å². The highest BCUT2D eigenvalue weighted by Crippen LogP contribution is 2.54. The molecule has 2 aliphatic rings. The molecule has 98 valence electrons. The number of aryl methyl sites for hydroxylation is 2. The van der Waals surface area contributed by atoms with E-state index in [0.29, 0.717) is 18.1 Å². The van der Waals surface area contributed by atoms with Crippen LogP contribution in [0.15, 0.2) is 4.47 Å². The number of rotatable bonds is 4. The molecule has 1 aromatic rings. The Hall–Kier alpha value is -0.640. The van der Waals surface area contributed by atoms with Crippen molar-refractivity contribution in [3.8, 4) is 0 Å². The van der Waals surface area contributed by atoms with E-state index in [4.69, 9.17) is 0 Å². The van der Waals surface area contributed by atoms with Crippen molar-refractivity contribution in [3.63, 3.8) is 0 Å². The number of fused-ring (bicyclic) bond motifs is 1. The van der Waals surface area contributed by atoms with Crippen LogP contribution < -0.4 is 0 Å². The number of Topliss-reactive ketones (excluding diaryl/α,β-unsaturated/α-hetero) is 1. The van der Waals surface area contributed by atoms with Crippen LogP contribution in [0.4, 0.5) is 0 Å². The maximum absolute atomic E-state index is 12.3. The van der Waals surface area contributed by atoms with E-state index in [1.165, 1.54) is 6.42 Å². The lowest BCUT2D eigenvalue weighted by atomic mass is 9.95. The van der Waals surface area contributed by atoms with Gasteiger partial charge >= 0.3 is 0 Å². The minimum atomic E-state index is 0.320. The van der Waals surface area contributed by atoms with Crippen LogP contribution in [0.1, 0.15) is 37.6 Å². The molecule has 0 saturated heterocycles. The van der Waals surface area contributed by atoms with E-state index in [0.717, 1.165) is 47.0 Å². The summed E-state index contributed by atoms with van der Waals surface area (Å²) in [4.78, 5) is 12.3. The minimum absolute atomic E-state index is 0.320. The lowest BCUT2D eigenvalue weighted by molar-refractivity contribution is -0.122. The molecule has 0 N–H and O–H groups in total. The summed E-state index contributed by atoms with van der Waals surface area (Å²) >= 11 is 3.58. The first-order valence-electron chi connectivity index (χ1n) is 6.83. The van der Waals surface area contributed by atoms with Gasteiger partial charge in [0.25, 0.3) is 0 Å². The Morgan fingerprint density at radius 3 is 2.61 bits per heavy atom. The number of hydrogen-bond donors (Lipinski definition) is 0. The van der Waals surface area contributed by atoms with Crippen LogP contribution in [-0.4, -0.2) is 15.6 Å². The van der Waals surface area contributed by atoms with Crippen LogP contribution in [-0.2, 0) is 24.7 Å². The van der Waals surface area contributed by atoms with Gasteiger partial charge in [0.15, 0.2) is 0 Å². The molecule has 0 amide bonds. The molecule has 0 bridgehead atoms. The largest absolute Gasteiger partial charge is 0.299 e. The van der Waals surface area contributed by atoms with E-state index >= 15 is 0 Å². The van der Waals surface area contributed by atoms with Crippen LogP contribution >= 0.6 is 15.9 Å². The summed E-state index contributed by atoms with van der Waals surface area (Å²) in [6.45, 7) is 2.09. The Labute approximate surface area is 116 Å². The fourth-order valence-electron chi connectivity index (χ4n) is 3.30. The van der Waals surface area contributed by atoms with E-state index in [1.54, 1.807) is 0 Å². The average Bonchev–Trinajstić information content (AvgIpc) is 2.87. The Bertz CT molecular complexity index is 484. The summed E-state index contributed by atoms with van der Waals surface area (Å²) in [5, 5.41) is 4.45. The standard InChI is InChI=1S/C14H19BrN2O/c1-3-11-14(15)12(17(2)16-11)7-13(18)10-5-8-4-9(8)6-10/h8-10H,3-7H2,1-2H3. The van der Waals surface area contributed by atoms with Crippen LogP contribution in [0.3, 0.4) is 0 Å². The van der Waals surface area contributed by atoms with Gasteiger partial charge in [0, 0.05) is 19.4 Å². The van der Waals surface area contributed by atoms with E-state index in [-0.39, 0.29) is 0 Å². The van der Waals surface area contributed by atoms with Gasteiger partial charge < -0.3 is 0 Å². The second-order valence-corrected chi connectivity index (χ2v) is 6.54. The van der Waals surface area contributed by atoms with Crippen molar-refractivity contribution in [2.24, 2.45) is 24.8 Å². The first-order chi connectivity index (χ1) is 8.60. The Kier molecular flexibility index (Phi) is 3.08. The number of hydrogen-bond acceptors (Lipinski definition) is 2. The second kappa shape index (κ2) is 4.48. The maximum Gasteiger partial charge on any atom is 0.141 e. The number of aromatic nitrogens is 2. The summed E-state index contributed by atoms with van der Waals surface area (Å²) in [7, 11) is 1.93. The molecule has 0 aromatic carbocycles. The first-order valence-corrected chi connectivity index (χ1v) is 7.62. The van der Waals surface area contributed by atoms with Crippen LogP contribution in [0.2, 0.25) is 0 Å². The van der Waals surface area contributed by atoms with Gasteiger partial charge in [0.2, 0.25) is 0 Å². The molecule has 18 heavy (non-hydrogen) atoms. The third-order valence-corrected chi connectivity index (χ3v) is 5.46. The number of carbonyl (C=O) groups is 1. The van der Waals surface area contributed by atoms with Crippen LogP contribution in [0.5, 0.6) is 0 Å². The summed E-state index contributed by atoms with van der Waals surface area (Å²) in [5.41, 5.74) is 2.09. The third-order valence-electron chi connectivity index (χ3n) is 4.54. The van der Waals surface area contributed by atoms with E-state index < -0.39 is 0 Å². The zero-order valence-electron chi connectivity index (χ0n) is 10.9. The van der Waals surface area contributed by atoms with Crippen molar-refractivity contribution in [1.29, 1.82) is 0 Å². The maximum atomic E-state index is 12.3. The minimum Gasteiger partial charge on any atom is -0.299 e. The quantitative estimate of drug-likeness (QED) is 0.857. The van der Waals surface area contributed by atoms with E-state index in [2.05, 4.69) is 28.0 Å². The number of ketones is 1. The molecule has 1 aromatic heterocycles. The summed E-state index contributed by atoms with van der Waals surface area (Å²) in [6.07, 6.45) is 5.09. The molecule has 0 radical (unpaired) electrons. The lowest BCUT2D eigenvalue weighted by Gasteiger charge is -2.10. The average molecular weight is 311 g/mol. The summed E-state index contributed by atoms with van der Waals surface area (Å²) in [5.74, 6) is 2.48.